The van der Waals surface area contributed by atoms with Crippen molar-refractivity contribution in [1.82, 2.24) is 9.97 Å². The minimum Gasteiger partial charge on any atom is -0.506 e. The number of aromatic nitrogens is 2. The fraction of sp³-hybridized carbons (Fsp3) is 0.348. The van der Waals surface area contributed by atoms with E-state index in [1.165, 1.54) is 0 Å². The molecule has 1 aliphatic heterocycles. The molecule has 29 heavy (non-hydrogen) atoms. The number of rotatable bonds is 3. The Kier molecular flexibility index (Phi) is 3.98. The van der Waals surface area contributed by atoms with Crippen molar-refractivity contribution in [3.8, 4) is 17.4 Å². The molecule has 1 aliphatic carbocycles. The maximum atomic E-state index is 10.2. The maximum absolute atomic E-state index is 10.2. The summed E-state index contributed by atoms with van der Waals surface area (Å²) in [6.45, 7) is 6.41. The van der Waals surface area contributed by atoms with Crippen LogP contribution in [-0.4, -0.2) is 33.1 Å². The molecular formula is C23H23N3O3. The molecule has 3 aromatic rings. The average molecular weight is 389 g/mol. The average Bonchev–Trinajstić information content (AvgIpc) is 3.23. The van der Waals surface area contributed by atoms with Crippen molar-refractivity contribution in [2.75, 3.05) is 0 Å². The van der Waals surface area contributed by atoms with Gasteiger partial charge in [0.25, 0.3) is 0 Å². The van der Waals surface area contributed by atoms with E-state index >= 15 is 0 Å². The van der Waals surface area contributed by atoms with Gasteiger partial charge in [0.1, 0.15) is 28.8 Å². The molecule has 3 heterocycles. The van der Waals surface area contributed by atoms with E-state index in [0.717, 1.165) is 23.8 Å². The SMILES string of the molecule is Cc1cc(O)c2nc(Oc3ccnc(C4=N[C@@H]5[C@@H](CCC5(C)C)O4)c3)ccc2c1. The minimum atomic E-state index is 0.139. The van der Waals surface area contributed by atoms with Crippen molar-refractivity contribution < 1.29 is 14.6 Å². The fourth-order valence-corrected chi connectivity index (χ4v) is 4.24. The first-order valence-corrected chi connectivity index (χ1v) is 9.88. The number of phenolic OH excluding ortho intramolecular Hbond substituents is 1. The van der Waals surface area contributed by atoms with Gasteiger partial charge in [-0.05, 0) is 55.0 Å². The Labute approximate surface area is 169 Å². The molecule has 2 atom stereocenters. The highest BCUT2D eigenvalue weighted by molar-refractivity contribution is 5.94. The third-order valence-corrected chi connectivity index (χ3v) is 5.81. The molecule has 2 aliphatic rings. The fourth-order valence-electron chi connectivity index (χ4n) is 4.24. The Morgan fingerprint density at radius 3 is 2.86 bits per heavy atom. The van der Waals surface area contributed by atoms with E-state index in [1.54, 1.807) is 24.4 Å². The summed E-state index contributed by atoms with van der Waals surface area (Å²) in [6, 6.07) is 11.1. The third kappa shape index (κ3) is 3.18. The van der Waals surface area contributed by atoms with E-state index in [9.17, 15) is 5.11 Å². The van der Waals surface area contributed by atoms with Crippen molar-refractivity contribution in [3.63, 3.8) is 0 Å². The number of aromatic hydroxyl groups is 1. The number of fused-ring (bicyclic) bond motifs is 2. The Bertz CT molecular complexity index is 1140. The first kappa shape index (κ1) is 17.9. The summed E-state index contributed by atoms with van der Waals surface area (Å²) in [7, 11) is 0. The molecule has 6 heteroatoms. The number of aryl methyl sites for hydroxylation is 1. The molecule has 0 radical (unpaired) electrons. The number of hydrogen-bond donors (Lipinski definition) is 1. The number of nitrogens with zero attached hydrogens (tertiary/aromatic N) is 3. The smallest absolute Gasteiger partial charge is 0.236 e. The van der Waals surface area contributed by atoms with E-state index in [1.807, 2.05) is 25.1 Å². The largest absolute Gasteiger partial charge is 0.506 e. The molecular weight excluding hydrogens is 366 g/mol. The standard InChI is InChI=1S/C23H23N3O3/c1-13-10-14-4-5-19(25-20(14)17(27)11-13)28-15-7-9-24-16(12-15)22-26-21-18(29-22)6-8-23(21,2)3/h4-5,7,9-12,18,21,27H,6,8H2,1-3H3/t18-,21-/m1/s1. The molecule has 0 bridgehead atoms. The first-order chi connectivity index (χ1) is 13.9. The van der Waals surface area contributed by atoms with Crippen LogP contribution in [0.5, 0.6) is 17.4 Å². The monoisotopic (exact) mass is 389 g/mol. The zero-order valence-corrected chi connectivity index (χ0v) is 16.7. The lowest BCUT2D eigenvalue weighted by molar-refractivity contribution is 0.191. The quantitative estimate of drug-likeness (QED) is 0.698. The molecule has 0 spiro atoms. The summed E-state index contributed by atoms with van der Waals surface area (Å²) in [6.07, 6.45) is 3.96. The van der Waals surface area contributed by atoms with Gasteiger partial charge in [0.2, 0.25) is 11.8 Å². The zero-order valence-electron chi connectivity index (χ0n) is 16.7. The van der Waals surface area contributed by atoms with E-state index in [2.05, 4.69) is 23.8 Å². The van der Waals surface area contributed by atoms with Gasteiger partial charge >= 0.3 is 0 Å². The lowest BCUT2D eigenvalue weighted by Crippen LogP contribution is -2.26. The molecule has 0 unspecified atom stereocenters. The van der Waals surface area contributed by atoms with Gasteiger partial charge in [-0.25, -0.2) is 9.98 Å². The number of aliphatic imine (C=N–C) groups is 1. The number of phenols is 1. The Morgan fingerprint density at radius 2 is 2.03 bits per heavy atom. The van der Waals surface area contributed by atoms with Crippen LogP contribution in [0.3, 0.4) is 0 Å². The summed E-state index contributed by atoms with van der Waals surface area (Å²) >= 11 is 0. The Balaban J connectivity index is 1.42. The van der Waals surface area contributed by atoms with Crippen molar-refractivity contribution in [1.29, 1.82) is 0 Å². The Hall–Kier alpha value is -3.15. The molecule has 5 rings (SSSR count). The number of pyridine rings is 2. The normalized spacial score (nSPS) is 22.2. The predicted molar refractivity (Wildman–Crippen MR) is 111 cm³/mol. The molecule has 6 nitrogen and oxygen atoms in total. The van der Waals surface area contributed by atoms with Crippen LogP contribution in [0, 0.1) is 12.3 Å². The van der Waals surface area contributed by atoms with E-state index in [0.29, 0.717) is 28.7 Å². The van der Waals surface area contributed by atoms with Gasteiger partial charge in [-0.1, -0.05) is 13.8 Å². The van der Waals surface area contributed by atoms with Gasteiger partial charge in [-0.3, -0.25) is 4.98 Å². The lowest BCUT2D eigenvalue weighted by Gasteiger charge is -2.21. The van der Waals surface area contributed by atoms with Crippen LogP contribution in [0.15, 0.2) is 47.6 Å². The summed E-state index contributed by atoms with van der Waals surface area (Å²) in [5.74, 6) is 1.72. The highest BCUT2D eigenvalue weighted by Gasteiger charge is 2.47. The highest BCUT2D eigenvalue weighted by atomic mass is 16.5. The van der Waals surface area contributed by atoms with Crippen molar-refractivity contribution in [3.05, 3.63) is 53.9 Å². The summed E-state index contributed by atoms with van der Waals surface area (Å²) in [4.78, 5) is 13.7. The van der Waals surface area contributed by atoms with Crippen LogP contribution in [0.2, 0.25) is 0 Å². The molecule has 1 aromatic carbocycles. The van der Waals surface area contributed by atoms with Gasteiger partial charge in [-0.2, -0.15) is 0 Å². The van der Waals surface area contributed by atoms with Crippen LogP contribution in [0.25, 0.3) is 10.9 Å². The zero-order chi connectivity index (χ0) is 20.2. The number of ether oxygens (including phenoxy) is 2. The molecule has 1 saturated carbocycles. The van der Waals surface area contributed by atoms with Gasteiger partial charge in [-0.15, -0.1) is 0 Å². The van der Waals surface area contributed by atoms with Crippen molar-refractivity contribution in [2.45, 2.75) is 45.8 Å². The van der Waals surface area contributed by atoms with Gasteiger partial charge in [0, 0.05) is 23.7 Å². The van der Waals surface area contributed by atoms with Crippen LogP contribution in [0.4, 0.5) is 0 Å². The second kappa shape index (κ2) is 6.44. The third-order valence-electron chi connectivity index (χ3n) is 5.81. The Morgan fingerprint density at radius 1 is 1.17 bits per heavy atom. The van der Waals surface area contributed by atoms with Gasteiger partial charge < -0.3 is 14.6 Å². The molecule has 1 N–H and O–H groups in total. The van der Waals surface area contributed by atoms with Crippen LogP contribution in [0.1, 0.15) is 37.9 Å². The van der Waals surface area contributed by atoms with Crippen LogP contribution in [-0.2, 0) is 4.74 Å². The lowest BCUT2D eigenvalue weighted by atomic mass is 9.87. The van der Waals surface area contributed by atoms with Crippen LogP contribution < -0.4 is 4.74 Å². The number of hydrogen-bond acceptors (Lipinski definition) is 6. The maximum Gasteiger partial charge on any atom is 0.236 e. The summed E-state index contributed by atoms with van der Waals surface area (Å²) in [5, 5.41) is 11.1. The van der Waals surface area contributed by atoms with E-state index in [4.69, 9.17) is 14.5 Å². The predicted octanol–water partition coefficient (Wildman–Crippen LogP) is 4.77. The second-order valence-corrected chi connectivity index (χ2v) is 8.55. The molecule has 0 amide bonds. The van der Waals surface area contributed by atoms with Gasteiger partial charge in [0.05, 0.1) is 6.04 Å². The van der Waals surface area contributed by atoms with Crippen molar-refractivity contribution in [2.24, 2.45) is 10.4 Å². The molecule has 2 aromatic heterocycles. The van der Waals surface area contributed by atoms with Gasteiger partial charge in [0.15, 0.2) is 0 Å². The molecule has 148 valence electrons. The topological polar surface area (TPSA) is 76.8 Å². The molecule has 1 fully saturated rings. The minimum absolute atomic E-state index is 0.139. The number of benzene rings is 1. The highest BCUT2D eigenvalue weighted by Crippen LogP contribution is 2.44. The second-order valence-electron chi connectivity index (χ2n) is 8.55. The summed E-state index contributed by atoms with van der Waals surface area (Å²) in [5.41, 5.74) is 2.30. The van der Waals surface area contributed by atoms with E-state index in [-0.39, 0.29) is 23.3 Å². The molecule has 0 saturated heterocycles. The van der Waals surface area contributed by atoms with Crippen molar-refractivity contribution >= 4 is 16.8 Å². The van der Waals surface area contributed by atoms with E-state index < -0.39 is 0 Å². The first-order valence-electron chi connectivity index (χ1n) is 9.88. The van der Waals surface area contributed by atoms with Crippen LogP contribution >= 0.6 is 0 Å². The summed E-state index contributed by atoms with van der Waals surface area (Å²) < 4.78 is 12.0.